The number of anilines is 2. The number of carbonyl (C=O) groups is 1. The van der Waals surface area contributed by atoms with Gasteiger partial charge in [-0.15, -0.1) is 0 Å². The fraction of sp³-hybridized carbons (Fsp3) is 0.292. The van der Waals surface area contributed by atoms with Crippen molar-refractivity contribution in [3.63, 3.8) is 0 Å². The van der Waals surface area contributed by atoms with Crippen molar-refractivity contribution in [2.45, 2.75) is 32.6 Å². The molecular weight excluding hydrogens is 402 g/mol. The van der Waals surface area contributed by atoms with Gasteiger partial charge in [-0.1, -0.05) is 0 Å². The Morgan fingerprint density at radius 1 is 1.03 bits per heavy atom. The molecule has 4 aromatic heterocycles. The van der Waals surface area contributed by atoms with Crippen LogP contribution in [0.1, 0.15) is 40.3 Å². The number of fused-ring (bicyclic) bond motifs is 2. The van der Waals surface area contributed by atoms with Crippen molar-refractivity contribution < 1.29 is 4.79 Å². The molecule has 8 heteroatoms. The van der Waals surface area contributed by atoms with Crippen LogP contribution in [0.5, 0.6) is 0 Å². The lowest BCUT2D eigenvalue weighted by atomic mass is 9.95. The summed E-state index contributed by atoms with van der Waals surface area (Å²) in [5.74, 6) is 0.581. The van der Waals surface area contributed by atoms with Crippen LogP contribution in [0.2, 0.25) is 0 Å². The Hall–Kier alpha value is -3.81. The van der Waals surface area contributed by atoms with Crippen LogP contribution in [-0.2, 0) is 19.9 Å². The van der Waals surface area contributed by atoms with Gasteiger partial charge >= 0.3 is 0 Å². The topological polar surface area (TPSA) is 97.6 Å². The monoisotopic (exact) mass is 427 g/mol. The van der Waals surface area contributed by atoms with Crippen molar-refractivity contribution in [1.29, 1.82) is 0 Å². The highest BCUT2D eigenvalue weighted by atomic mass is 16.2. The van der Waals surface area contributed by atoms with Crippen LogP contribution in [0.25, 0.3) is 22.0 Å². The Balaban J connectivity index is 1.45. The van der Waals surface area contributed by atoms with Crippen LogP contribution in [0, 0.1) is 6.92 Å². The van der Waals surface area contributed by atoms with E-state index in [0.29, 0.717) is 11.4 Å². The summed E-state index contributed by atoms with van der Waals surface area (Å²) in [6.45, 7) is 1.95. The van der Waals surface area contributed by atoms with Gasteiger partial charge in [0.2, 0.25) is 0 Å². The summed E-state index contributed by atoms with van der Waals surface area (Å²) in [5.41, 5.74) is 6.95. The molecule has 0 atom stereocenters. The number of pyridine rings is 3. The number of amides is 1. The molecule has 5 rings (SSSR count). The van der Waals surface area contributed by atoms with Crippen molar-refractivity contribution in [2.75, 3.05) is 17.7 Å². The SMILES string of the molecule is CNc1cc2ncc(-c3cc(NC(=O)c4nn(C)c5c4CCCC5)cnc3C)cc2cn1. The minimum absolute atomic E-state index is 0.194. The molecule has 0 bridgehead atoms. The zero-order chi connectivity index (χ0) is 22.2. The second-order valence-corrected chi connectivity index (χ2v) is 8.15. The quantitative estimate of drug-likeness (QED) is 0.513. The molecule has 1 aliphatic carbocycles. The first-order chi connectivity index (χ1) is 15.5. The summed E-state index contributed by atoms with van der Waals surface area (Å²) < 4.78 is 1.84. The zero-order valence-corrected chi connectivity index (χ0v) is 18.4. The summed E-state index contributed by atoms with van der Waals surface area (Å²) >= 11 is 0. The van der Waals surface area contributed by atoms with Gasteiger partial charge in [0.25, 0.3) is 5.91 Å². The molecule has 0 saturated carbocycles. The predicted octanol–water partition coefficient (Wildman–Crippen LogP) is 3.91. The van der Waals surface area contributed by atoms with E-state index in [4.69, 9.17) is 0 Å². The smallest absolute Gasteiger partial charge is 0.276 e. The number of nitrogens with one attached hydrogen (secondary N) is 2. The number of hydrogen-bond acceptors (Lipinski definition) is 6. The van der Waals surface area contributed by atoms with E-state index >= 15 is 0 Å². The molecule has 0 spiro atoms. The highest BCUT2D eigenvalue weighted by Crippen LogP contribution is 2.29. The first kappa shape index (κ1) is 20.1. The highest BCUT2D eigenvalue weighted by Gasteiger charge is 2.24. The molecule has 2 N–H and O–H groups in total. The van der Waals surface area contributed by atoms with Crippen LogP contribution in [0.4, 0.5) is 11.5 Å². The molecule has 4 heterocycles. The standard InChI is InChI=1S/C24H25N7O/c1-14-19(15-8-16-12-28-22(25-2)10-20(16)27-11-15)9-17(13-26-14)29-24(32)23-18-6-4-5-7-21(18)31(3)30-23/h8-13H,4-7H2,1-3H3,(H,25,28)(H,29,32). The largest absolute Gasteiger partial charge is 0.373 e. The van der Waals surface area contributed by atoms with E-state index in [2.05, 4.69) is 30.7 Å². The minimum Gasteiger partial charge on any atom is -0.373 e. The Morgan fingerprint density at radius 3 is 2.72 bits per heavy atom. The van der Waals surface area contributed by atoms with Gasteiger partial charge in [0.1, 0.15) is 5.82 Å². The fourth-order valence-electron chi connectivity index (χ4n) is 4.34. The average Bonchev–Trinajstić information content (AvgIpc) is 3.16. The molecule has 0 fully saturated rings. The van der Waals surface area contributed by atoms with E-state index in [-0.39, 0.29) is 5.91 Å². The van der Waals surface area contributed by atoms with Crippen molar-refractivity contribution >= 4 is 28.3 Å². The molecule has 0 aliphatic heterocycles. The molecule has 4 aromatic rings. The summed E-state index contributed by atoms with van der Waals surface area (Å²) in [7, 11) is 3.74. The number of aryl methyl sites for hydroxylation is 2. The van der Waals surface area contributed by atoms with Gasteiger partial charge in [-0.25, -0.2) is 4.98 Å². The zero-order valence-electron chi connectivity index (χ0n) is 18.4. The number of carbonyl (C=O) groups excluding carboxylic acids is 1. The van der Waals surface area contributed by atoms with Gasteiger partial charge in [-0.3, -0.25) is 19.4 Å². The third-order valence-corrected chi connectivity index (χ3v) is 6.06. The lowest BCUT2D eigenvalue weighted by molar-refractivity contribution is 0.102. The van der Waals surface area contributed by atoms with Crippen molar-refractivity contribution in [3.05, 3.63) is 59.4 Å². The van der Waals surface area contributed by atoms with E-state index in [9.17, 15) is 4.79 Å². The third-order valence-electron chi connectivity index (χ3n) is 6.06. The van der Waals surface area contributed by atoms with Gasteiger partial charge in [0, 0.05) is 66.0 Å². The second-order valence-electron chi connectivity index (χ2n) is 8.15. The molecule has 1 aliphatic rings. The van der Waals surface area contributed by atoms with Gasteiger partial charge in [0.15, 0.2) is 5.69 Å². The summed E-state index contributed by atoms with van der Waals surface area (Å²) in [6, 6.07) is 5.89. The van der Waals surface area contributed by atoms with E-state index < -0.39 is 0 Å². The predicted molar refractivity (Wildman–Crippen MR) is 125 cm³/mol. The Kier molecular flexibility index (Phi) is 5.05. The first-order valence-electron chi connectivity index (χ1n) is 10.8. The molecule has 0 saturated heterocycles. The number of nitrogens with zero attached hydrogens (tertiary/aromatic N) is 5. The molecular formula is C24H25N7O. The number of rotatable bonds is 4. The van der Waals surface area contributed by atoms with Crippen LogP contribution >= 0.6 is 0 Å². The van der Waals surface area contributed by atoms with Crippen molar-refractivity contribution in [2.24, 2.45) is 7.05 Å². The van der Waals surface area contributed by atoms with E-state index in [1.165, 1.54) is 5.69 Å². The Bertz CT molecular complexity index is 1340. The lowest BCUT2D eigenvalue weighted by Crippen LogP contribution is -2.16. The van der Waals surface area contributed by atoms with Crippen molar-refractivity contribution in [3.8, 4) is 11.1 Å². The molecule has 0 radical (unpaired) electrons. The summed E-state index contributed by atoms with van der Waals surface area (Å²) in [5, 5.41) is 11.5. The Labute approximate surface area is 186 Å². The fourth-order valence-corrected chi connectivity index (χ4v) is 4.34. The molecule has 1 amide bonds. The maximum Gasteiger partial charge on any atom is 0.276 e. The van der Waals surface area contributed by atoms with Gasteiger partial charge in [-0.05, 0) is 44.7 Å². The average molecular weight is 428 g/mol. The van der Waals surface area contributed by atoms with Gasteiger partial charge < -0.3 is 10.6 Å². The number of aromatic nitrogens is 5. The van der Waals surface area contributed by atoms with Crippen LogP contribution < -0.4 is 10.6 Å². The van der Waals surface area contributed by atoms with Gasteiger partial charge in [-0.2, -0.15) is 5.10 Å². The lowest BCUT2D eigenvalue weighted by Gasteiger charge is -2.13. The molecule has 162 valence electrons. The van der Waals surface area contributed by atoms with Crippen LogP contribution in [0.3, 0.4) is 0 Å². The van der Waals surface area contributed by atoms with E-state index in [1.807, 2.05) is 50.1 Å². The maximum atomic E-state index is 13.0. The van der Waals surface area contributed by atoms with Gasteiger partial charge in [0.05, 0.1) is 17.4 Å². The van der Waals surface area contributed by atoms with Crippen LogP contribution in [-0.4, -0.2) is 37.7 Å². The minimum atomic E-state index is -0.194. The maximum absolute atomic E-state index is 13.0. The highest BCUT2D eigenvalue weighted by molar-refractivity contribution is 6.04. The molecule has 0 unspecified atom stereocenters. The second kappa shape index (κ2) is 8.03. The van der Waals surface area contributed by atoms with E-state index in [1.54, 1.807) is 12.4 Å². The Morgan fingerprint density at radius 2 is 1.88 bits per heavy atom. The summed E-state index contributed by atoms with van der Waals surface area (Å²) in [6.07, 6.45) is 9.42. The molecule has 0 aromatic carbocycles. The van der Waals surface area contributed by atoms with Crippen LogP contribution in [0.15, 0.2) is 36.8 Å². The normalized spacial score (nSPS) is 13.1. The molecule has 32 heavy (non-hydrogen) atoms. The summed E-state index contributed by atoms with van der Waals surface area (Å²) in [4.78, 5) is 26.5. The van der Waals surface area contributed by atoms with E-state index in [0.717, 1.165) is 64.8 Å². The first-order valence-corrected chi connectivity index (χ1v) is 10.8. The van der Waals surface area contributed by atoms with Crippen molar-refractivity contribution in [1.82, 2.24) is 24.7 Å². The molecule has 8 nitrogen and oxygen atoms in total. The number of hydrogen-bond donors (Lipinski definition) is 2. The third kappa shape index (κ3) is 3.57.